The maximum absolute atomic E-state index is 13.1. The molecule has 150 valence electrons. The van der Waals surface area contributed by atoms with Gasteiger partial charge in [-0.3, -0.25) is 9.10 Å². The summed E-state index contributed by atoms with van der Waals surface area (Å²) in [6.07, 6.45) is 0. The van der Waals surface area contributed by atoms with Crippen molar-refractivity contribution in [1.29, 1.82) is 0 Å². The molecular weight excluding hydrogens is 384 g/mol. The summed E-state index contributed by atoms with van der Waals surface area (Å²) >= 11 is 0. The third-order valence-corrected chi connectivity index (χ3v) is 6.62. The summed E-state index contributed by atoms with van der Waals surface area (Å²) in [6, 6.07) is 19.1. The lowest BCUT2D eigenvalue weighted by Crippen LogP contribution is -2.27. The van der Waals surface area contributed by atoms with Crippen molar-refractivity contribution in [3.8, 4) is 0 Å². The van der Waals surface area contributed by atoms with E-state index in [1.165, 1.54) is 23.5 Å². The van der Waals surface area contributed by atoms with Gasteiger partial charge in [-0.05, 0) is 67.8 Å². The number of carbonyl (C=O) groups is 1. The van der Waals surface area contributed by atoms with Gasteiger partial charge in [0.25, 0.3) is 15.9 Å². The van der Waals surface area contributed by atoms with Crippen LogP contribution in [0.25, 0.3) is 0 Å². The van der Waals surface area contributed by atoms with Crippen LogP contribution in [-0.4, -0.2) is 21.4 Å². The Kier molecular flexibility index (Phi) is 5.75. The van der Waals surface area contributed by atoms with Crippen molar-refractivity contribution < 1.29 is 13.2 Å². The molecule has 0 heterocycles. The van der Waals surface area contributed by atoms with Crippen molar-refractivity contribution in [3.63, 3.8) is 0 Å². The quantitative estimate of drug-likeness (QED) is 0.666. The van der Waals surface area contributed by atoms with Crippen LogP contribution in [0, 0.1) is 20.8 Å². The number of sulfonamides is 1. The summed E-state index contributed by atoms with van der Waals surface area (Å²) in [5.41, 5.74) is 4.40. The van der Waals surface area contributed by atoms with Gasteiger partial charge in [0.2, 0.25) is 0 Å². The first-order valence-electron chi connectivity index (χ1n) is 9.23. The van der Waals surface area contributed by atoms with Gasteiger partial charge >= 0.3 is 0 Å². The largest absolute Gasteiger partial charge is 0.322 e. The molecule has 0 saturated heterocycles. The number of benzene rings is 3. The van der Waals surface area contributed by atoms with E-state index in [2.05, 4.69) is 5.32 Å². The van der Waals surface area contributed by atoms with E-state index in [0.29, 0.717) is 11.4 Å². The van der Waals surface area contributed by atoms with Crippen LogP contribution in [0.1, 0.15) is 27.0 Å². The number of nitrogens with one attached hydrogen (secondary N) is 1. The van der Waals surface area contributed by atoms with Crippen LogP contribution in [0.3, 0.4) is 0 Å². The molecule has 0 aliphatic rings. The van der Waals surface area contributed by atoms with Gasteiger partial charge in [0.05, 0.1) is 10.6 Å². The summed E-state index contributed by atoms with van der Waals surface area (Å²) in [5.74, 6) is -0.353. The van der Waals surface area contributed by atoms with Crippen molar-refractivity contribution in [1.82, 2.24) is 0 Å². The lowest BCUT2D eigenvalue weighted by Gasteiger charge is -2.21. The van der Waals surface area contributed by atoms with Crippen molar-refractivity contribution in [3.05, 3.63) is 89.0 Å². The SMILES string of the molecule is Cc1ccc(C)c(NC(=O)c2cccc(S(=O)(=O)N(C)c3ccccc3C)c2)c1. The van der Waals surface area contributed by atoms with Gasteiger partial charge in [0.15, 0.2) is 0 Å². The van der Waals surface area contributed by atoms with E-state index in [1.807, 2.05) is 51.1 Å². The molecular formula is C23H24N2O3S. The number of rotatable bonds is 5. The van der Waals surface area contributed by atoms with E-state index >= 15 is 0 Å². The molecule has 3 aromatic carbocycles. The highest BCUT2D eigenvalue weighted by Crippen LogP contribution is 2.26. The van der Waals surface area contributed by atoms with Crippen LogP contribution in [-0.2, 0) is 10.0 Å². The van der Waals surface area contributed by atoms with Crippen molar-refractivity contribution in [2.75, 3.05) is 16.7 Å². The number of carbonyl (C=O) groups excluding carboxylic acids is 1. The Hall–Kier alpha value is -3.12. The van der Waals surface area contributed by atoms with Crippen LogP contribution >= 0.6 is 0 Å². The van der Waals surface area contributed by atoms with Gasteiger partial charge in [0, 0.05) is 18.3 Å². The van der Waals surface area contributed by atoms with Crippen LogP contribution in [0.2, 0.25) is 0 Å². The molecule has 3 aromatic rings. The first kappa shape index (κ1) is 20.6. The second-order valence-corrected chi connectivity index (χ2v) is 9.03. The Labute approximate surface area is 172 Å². The topological polar surface area (TPSA) is 66.5 Å². The molecule has 3 rings (SSSR count). The fourth-order valence-electron chi connectivity index (χ4n) is 3.07. The monoisotopic (exact) mass is 408 g/mol. The number of amides is 1. The number of anilines is 2. The second kappa shape index (κ2) is 8.09. The Bertz CT molecular complexity index is 1170. The summed E-state index contributed by atoms with van der Waals surface area (Å²) < 4.78 is 27.5. The predicted octanol–water partition coefficient (Wildman–Crippen LogP) is 4.69. The number of hydrogen-bond donors (Lipinski definition) is 1. The molecule has 6 heteroatoms. The molecule has 0 aromatic heterocycles. The second-order valence-electron chi connectivity index (χ2n) is 7.06. The summed E-state index contributed by atoms with van der Waals surface area (Å²) in [5, 5.41) is 2.87. The molecule has 0 unspecified atom stereocenters. The smallest absolute Gasteiger partial charge is 0.264 e. The zero-order chi connectivity index (χ0) is 21.2. The number of hydrogen-bond acceptors (Lipinski definition) is 3. The number of nitrogens with zero attached hydrogens (tertiary/aromatic N) is 1. The standard InChI is InChI=1S/C23H24N2O3S/c1-16-12-13-17(2)21(14-16)24-23(26)19-9-7-10-20(15-19)29(27,28)25(4)22-11-6-5-8-18(22)3/h5-15H,1-4H3,(H,24,26). The lowest BCUT2D eigenvalue weighted by atomic mass is 10.1. The summed E-state index contributed by atoms with van der Waals surface area (Å²) in [4.78, 5) is 12.8. The average molecular weight is 409 g/mol. The van der Waals surface area contributed by atoms with Gasteiger partial charge in [-0.25, -0.2) is 8.42 Å². The Balaban J connectivity index is 1.91. The molecule has 0 atom stereocenters. The minimum atomic E-state index is -3.80. The minimum Gasteiger partial charge on any atom is -0.322 e. The highest BCUT2D eigenvalue weighted by molar-refractivity contribution is 7.92. The van der Waals surface area contributed by atoms with E-state index in [0.717, 1.165) is 16.7 Å². The molecule has 0 saturated carbocycles. The molecule has 0 spiro atoms. The fraction of sp³-hybridized carbons (Fsp3) is 0.174. The molecule has 0 bridgehead atoms. The van der Waals surface area contributed by atoms with E-state index in [1.54, 1.807) is 24.3 Å². The van der Waals surface area contributed by atoms with Crippen LogP contribution < -0.4 is 9.62 Å². The van der Waals surface area contributed by atoms with Crippen molar-refractivity contribution in [2.24, 2.45) is 0 Å². The lowest BCUT2D eigenvalue weighted by molar-refractivity contribution is 0.102. The van der Waals surface area contributed by atoms with Gasteiger partial charge in [-0.1, -0.05) is 36.4 Å². The van der Waals surface area contributed by atoms with Crippen molar-refractivity contribution >= 4 is 27.3 Å². The van der Waals surface area contributed by atoms with Crippen LogP contribution in [0.5, 0.6) is 0 Å². The maximum Gasteiger partial charge on any atom is 0.264 e. The molecule has 0 fully saturated rings. The zero-order valence-corrected chi connectivity index (χ0v) is 17.7. The first-order valence-corrected chi connectivity index (χ1v) is 10.7. The molecule has 0 aliphatic carbocycles. The Morgan fingerprint density at radius 1 is 0.862 bits per heavy atom. The molecule has 1 amide bonds. The van der Waals surface area contributed by atoms with E-state index in [4.69, 9.17) is 0 Å². The predicted molar refractivity (Wildman–Crippen MR) is 117 cm³/mol. The number of para-hydroxylation sites is 1. The maximum atomic E-state index is 13.1. The van der Waals surface area contributed by atoms with Gasteiger partial charge in [0.1, 0.15) is 0 Å². The molecule has 1 N–H and O–H groups in total. The summed E-state index contributed by atoms with van der Waals surface area (Å²) in [7, 11) is -2.29. The Morgan fingerprint density at radius 2 is 1.59 bits per heavy atom. The van der Waals surface area contributed by atoms with Crippen LogP contribution in [0.15, 0.2) is 71.6 Å². The number of aryl methyl sites for hydroxylation is 3. The average Bonchev–Trinajstić information content (AvgIpc) is 2.70. The van der Waals surface area contributed by atoms with E-state index in [9.17, 15) is 13.2 Å². The molecule has 5 nitrogen and oxygen atoms in total. The fourth-order valence-corrected chi connectivity index (χ4v) is 4.37. The van der Waals surface area contributed by atoms with Gasteiger partial charge in [-0.15, -0.1) is 0 Å². The van der Waals surface area contributed by atoms with Gasteiger partial charge < -0.3 is 5.32 Å². The first-order chi connectivity index (χ1) is 13.7. The van der Waals surface area contributed by atoms with E-state index in [-0.39, 0.29) is 16.4 Å². The Morgan fingerprint density at radius 3 is 2.31 bits per heavy atom. The minimum absolute atomic E-state index is 0.0665. The zero-order valence-electron chi connectivity index (χ0n) is 16.9. The van der Waals surface area contributed by atoms with Crippen molar-refractivity contribution in [2.45, 2.75) is 25.7 Å². The third-order valence-electron chi connectivity index (χ3n) is 4.85. The molecule has 29 heavy (non-hydrogen) atoms. The molecule has 0 aliphatic heterocycles. The summed E-state index contributed by atoms with van der Waals surface area (Å²) in [6.45, 7) is 5.71. The highest BCUT2D eigenvalue weighted by atomic mass is 32.2. The normalized spacial score (nSPS) is 11.2. The van der Waals surface area contributed by atoms with Crippen LogP contribution in [0.4, 0.5) is 11.4 Å². The third kappa shape index (κ3) is 4.32. The van der Waals surface area contributed by atoms with Gasteiger partial charge in [-0.2, -0.15) is 0 Å². The highest BCUT2D eigenvalue weighted by Gasteiger charge is 2.23. The molecule has 0 radical (unpaired) electrons. The van der Waals surface area contributed by atoms with E-state index < -0.39 is 10.0 Å².